The SMILES string of the molecule is [B]c1cc(-c2ccc3c4ccccc4c4ccccc4c3c2)ccc1-c1cccc2c1Oc1ccccc1S2. The Hall–Kier alpha value is -4.47. The summed E-state index contributed by atoms with van der Waals surface area (Å²) in [5.74, 6) is 1.75. The standard InChI is InChI=1S/C36H21BOS/c37-32-21-23(17-19-29(32)30-12-7-15-35-36(30)38-33-13-5-6-14-34(33)39-35)22-16-18-28-26-10-2-1-8-24(26)25-9-3-4-11-27(25)31(28)20-22/h1-21H. The van der Waals surface area contributed by atoms with Crippen molar-refractivity contribution in [3.05, 3.63) is 127 Å². The molecule has 0 bridgehead atoms. The zero-order valence-corrected chi connectivity index (χ0v) is 21.8. The summed E-state index contributed by atoms with van der Waals surface area (Å²) in [5.41, 5.74) is 4.97. The third kappa shape index (κ3) is 3.58. The molecule has 1 aliphatic heterocycles. The van der Waals surface area contributed by atoms with Crippen LogP contribution in [0.1, 0.15) is 0 Å². The lowest BCUT2D eigenvalue weighted by Crippen LogP contribution is -2.08. The van der Waals surface area contributed by atoms with E-state index in [1.807, 2.05) is 18.2 Å². The molecule has 8 rings (SSSR count). The Morgan fingerprint density at radius 3 is 1.79 bits per heavy atom. The zero-order chi connectivity index (χ0) is 25.9. The lowest BCUT2D eigenvalue weighted by molar-refractivity contribution is 0.456. The van der Waals surface area contributed by atoms with Crippen molar-refractivity contribution < 1.29 is 4.74 Å². The van der Waals surface area contributed by atoms with E-state index in [2.05, 4.69) is 109 Å². The van der Waals surface area contributed by atoms with Gasteiger partial charge >= 0.3 is 0 Å². The minimum absolute atomic E-state index is 0.733. The highest BCUT2D eigenvalue weighted by Gasteiger charge is 2.21. The predicted octanol–water partition coefficient (Wildman–Crippen LogP) is 9.53. The van der Waals surface area contributed by atoms with Crippen molar-refractivity contribution in [2.24, 2.45) is 0 Å². The molecule has 180 valence electrons. The molecular weight excluding hydrogens is 491 g/mol. The van der Waals surface area contributed by atoms with Crippen molar-refractivity contribution in [3.8, 4) is 33.8 Å². The first-order chi connectivity index (χ1) is 19.2. The Morgan fingerprint density at radius 1 is 0.462 bits per heavy atom. The van der Waals surface area contributed by atoms with Crippen LogP contribution in [0.15, 0.2) is 137 Å². The van der Waals surface area contributed by atoms with Crippen molar-refractivity contribution in [3.63, 3.8) is 0 Å². The van der Waals surface area contributed by atoms with Crippen LogP contribution in [-0.2, 0) is 0 Å². The van der Waals surface area contributed by atoms with Gasteiger partial charge in [-0.3, -0.25) is 0 Å². The average molecular weight is 512 g/mol. The quantitative estimate of drug-likeness (QED) is 0.169. The Morgan fingerprint density at radius 2 is 1.05 bits per heavy atom. The lowest BCUT2D eigenvalue weighted by atomic mass is 9.84. The lowest BCUT2D eigenvalue weighted by Gasteiger charge is -2.23. The van der Waals surface area contributed by atoms with Crippen molar-refractivity contribution >= 4 is 57.4 Å². The molecule has 0 aromatic heterocycles. The first-order valence-corrected chi connectivity index (χ1v) is 13.9. The molecule has 7 aromatic carbocycles. The van der Waals surface area contributed by atoms with Crippen molar-refractivity contribution in [1.29, 1.82) is 0 Å². The number of rotatable bonds is 2. The monoisotopic (exact) mass is 512 g/mol. The third-order valence-electron chi connectivity index (χ3n) is 7.68. The number of para-hydroxylation sites is 2. The molecule has 7 aromatic rings. The second kappa shape index (κ2) is 8.79. The fourth-order valence-electron chi connectivity index (χ4n) is 5.84. The highest BCUT2D eigenvalue weighted by molar-refractivity contribution is 7.99. The summed E-state index contributed by atoms with van der Waals surface area (Å²) in [5, 5.41) is 7.63. The molecule has 0 saturated heterocycles. The first-order valence-electron chi connectivity index (χ1n) is 13.1. The summed E-state index contributed by atoms with van der Waals surface area (Å²) in [6.07, 6.45) is 0. The Kier molecular flexibility index (Phi) is 5.08. The van der Waals surface area contributed by atoms with Gasteiger partial charge in [-0.25, -0.2) is 0 Å². The Bertz CT molecular complexity index is 2060. The maximum Gasteiger partial charge on any atom is 0.149 e. The molecule has 0 spiro atoms. The molecule has 2 radical (unpaired) electrons. The molecule has 0 fully saturated rings. The van der Waals surface area contributed by atoms with Gasteiger partial charge in [0.25, 0.3) is 0 Å². The molecule has 1 nitrogen and oxygen atoms in total. The molecule has 0 aliphatic carbocycles. The smallest absolute Gasteiger partial charge is 0.149 e. The highest BCUT2D eigenvalue weighted by Crippen LogP contribution is 2.50. The fourth-order valence-corrected chi connectivity index (χ4v) is 6.82. The van der Waals surface area contributed by atoms with Crippen molar-refractivity contribution in [1.82, 2.24) is 0 Å². The van der Waals surface area contributed by atoms with Gasteiger partial charge in [0.1, 0.15) is 19.3 Å². The molecule has 0 saturated carbocycles. The summed E-state index contributed by atoms with van der Waals surface area (Å²) in [6, 6.07) is 44.9. The minimum atomic E-state index is 0.733. The minimum Gasteiger partial charge on any atom is -0.454 e. The van der Waals surface area contributed by atoms with E-state index in [-0.39, 0.29) is 0 Å². The average Bonchev–Trinajstić information content (AvgIpc) is 3.00. The number of hydrogen-bond donors (Lipinski definition) is 0. The van der Waals surface area contributed by atoms with Crippen LogP contribution in [0, 0.1) is 0 Å². The van der Waals surface area contributed by atoms with Crippen LogP contribution in [0.25, 0.3) is 54.6 Å². The second-order valence-electron chi connectivity index (χ2n) is 9.94. The molecule has 39 heavy (non-hydrogen) atoms. The number of benzene rings is 7. The summed E-state index contributed by atoms with van der Waals surface area (Å²) < 4.78 is 6.38. The normalized spacial score (nSPS) is 12.3. The molecule has 0 amide bonds. The summed E-state index contributed by atoms with van der Waals surface area (Å²) in [4.78, 5) is 2.23. The highest BCUT2D eigenvalue weighted by atomic mass is 32.2. The van der Waals surface area contributed by atoms with Gasteiger partial charge in [-0.15, -0.1) is 0 Å². The number of fused-ring (bicyclic) bond motifs is 8. The van der Waals surface area contributed by atoms with E-state index in [9.17, 15) is 0 Å². The van der Waals surface area contributed by atoms with Gasteiger partial charge < -0.3 is 4.74 Å². The van der Waals surface area contributed by atoms with Gasteiger partial charge in [-0.1, -0.05) is 120 Å². The molecule has 0 unspecified atom stereocenters. The van der Waals surface area contributed by atoms with Gasteiger partial charge in [-0.05, 0) is 73.3 Å². The predicted molar refractivity (Wildman–Crippen MR) is 166 cm³/mol. The van der Waals surface area contributed by atoms with Crippen molar-refractivity contribution in [2.45, 2.75) is 9.79 Å². The molecule has 0 N–H and O–H groups in total. The van der Waals surface area contributed by atoms with E-state index in [0.29, 0.717) is 0 Å². The van der Waals surface area contributed by atoms with Crippen LogP contribution in [0.3, 0.4) is 0 Å². The Labute approximate surface area is 232 Å². The Balaban J connectivity index is 1.25. The third-order valence-corrected chi connectivity index (χ3v) is 8.78. The fraction of sp³-hybridized carbons (Fsp3) is 0. The van der Waals surface area contributed by atoms with E-state index in [4.69, 9.17) is 12.6 Å². The van der Waals surface area contributed by atoms with Crippen molar-refractivity contribution in [2.75, 3.05) is 0 Å². The van der Waals surface area contributed by atoms with Crippen LogP contribution in [0.2, 0.25) is 0 Å². The van der Waals surface area contributed by atoms with Gasteiger partial charge in [0.15, 0.2) is 0 Å². The maximum absolute atomic E-state index is 6.73. The van der Waals surface area contributed by atoms with Gasteiger partial charge in [0.05, 0.1) is 9.79 Å². The summed E-state index contributed by atoms with van der Waals surface area (Å²) >= 11 is 1.73. The molecule has 1 heterocycles. The van der Waals surface area contributed by atoms with Gasteiger partial charge in [-0.2, -0.15) is 0 Å². The summed E-state index contributed by atoms with van der Waals surface area (Å²) in [6.45, 7) is 0. The van der Waals surface area contributed by atoms with Crippen LogP contribution < -0.4 is 10.2 Å². The van der Waals surface area contributed by atoms with E-state index in [1.165, 1.54) is 32.3 Å². The van der Waals surface area contributed by atoms with Crippen LogP contribution in [0.4, 0.5) is 0 Å². The zero-order valence-electron chi connectivity index (χ0n) is 21.0. The molecule has 0 atom stereocenters. The van der Waals surface area contributed by atoms with E-state index in [1.54, 1.807) is 11.8 Å². The number of ether oxygens (including phenoxy) is 1. The largest absolute Gasteiger partial charge is 0.454 e. The number of hydrogen-bond acceptors (Lipinski definition) is 2. The second-order valence-corrected chi connectivity index (χ2v) is 11.0. The van der Waals surface area contributed by atoms with Crippen LogP contribution in [0.5, 0.6) is 11.5 Å². The molecular formula is C36H21BOS. The topological polar surface area (TPSA) is 9.23 Å². The van der Waals surface area contributed by atoms with Crippen LogP contribution >= 0.6 is 11.8 Å². The first kappa shape index (κ1) is 22.5. The summed E-state index contributed by atoms with van der Waals surface area (Å²) in [7, 11) is 6.73. The molecule has 1 aliphatic rings. The molecule has 3 heteroatoms. The van der Waals surface area contributed by atoms with E-state index in [0.717, 1.165) is 49.0 Å². The van der Waals surface area contributed by atoms with Crippen LogP contribution in [-0.4, -0.2) is 7.85 Å². The van der Waals surface area contributed by atoms with E-state index < -0.39 is 0 Å². The maximum atomic E-state index is 6.73. The van der Waals surface area contributed by atoms with Gasteiger partial charge in [0.2, 0.25) is 0 Å². The van der Waals surface area contributed by atoms with E-state index >= 15 is 0 Å². The van der Waals surface area contributed by atoms with Gasteiger partial charge in [0, 0.05) is 5.56 Å².